The van der Waals surface area contributed by atoms with Crippen LogP contribution in [0.15, 0.2) is 18.2 Å². The van der Waals surface area contributed by atoms with Crippen LogP contribution in [0.3, 0.4) is 0 Å². The maximum atomic E-state index is 12.3. The van der Waals surface area contributed by atoms with Crippen LogP contribution in [0.25, 0.3) is 10.8 Å². The Morgan fingerprint density at radius 3 is 2.70 bits per heavy atom. The molecule has 0 aromatic heterocycles. The van der Waals surface area contributed by atoms with Crippen molar-refractivity contribution >= 4 is 16.7 Å². The Labute approximate surface area is 134 Å². The molecule has 122 valence electrons. The summed E-state index contributed by atoms with van der Waals surface area (Å²) in [6, 6.07) is 5.08. The zero-order valence-corrected chi connectivity index (χ0v) is 13.7. The second-order valence-corrected chi connectivity index (χ2v) is 6.07. The zero-order chi connectivity index (χ0) is 16.7. The van der Waals surface area contributed by atoms with Crippen molar-refractivity contribution in [2.75, 3.05) is 7.11 Å². The molecule has 0 aliphatic carbocycles. The Morgan fingerprint density at radius 2 is 2.04 bits per heavy atom. The Morgan fingerprint density at radius 1 is 1.30 bits per heavy atom. The van der Waals surface area contributed by atoms with Gasteiger partial charge in [0.1, 0.15) is 28.9 Å². The Hall–Kier alpha value is -2.43. The lowest BCUT2D eigenvalue weighted by Crippen LogP contribution is -2.25. The monoisotopic (exact) mass is 316 g/mol. The van der Waals surface area contributed by atoms with Gasteiger partial charge < -0.3 is 19.3 Å². The highest BCUT2D eigenvalue weighted by molar-refractivity contribution is 6.06. The van der Waals surface area contributed by atoms with Crippen LogP contribution in [0.4, 0.5) is 0 Å². The zero-order valence-electron chi connectivity index (χ0n) is 13.7. The van der Waals surface area contributed by atoms with E-state index in [1.807, 2.05) is 26.8 Å². The summed E-state index contributed by atoms with van der Waals surface area (Å²) in [4.78, 5) is 12.3. The van der Waals surface area contributed by atoms with Crippen LogP contribution in [0.5, 0.6) is 17.2 Å². The molecule has 1 aliphatic rings. The SMILES string of the molecule is COc1c2c(cc3cc(O)cc(OC(C)C)c13)C[C@@H](C)OC2=O. The number of carbonyl (C=O) groups is 1. The normalized spacial score (nSPS) is 17.1. The van der Waals surface area contributed by atoms with Crippen molar-refractivity contribution in [1.29, 1.82) is 0 Å². The number of esters is 1. The van der Waals surface area contributed by atoms with E-state index in [0.717, 1.165) is 10.9 Å². The van der Waals surface area contributed by atoms with Crippen LogP contribution in [0.1, 0.15) is 36.7 Å². The van der Waals surface area contributed by atoms with E-state index in [2.05, 4.69) is 0 Å². The number of benzene rings is 2. The van der Waals surface area contributed by atoms with Gasteiger partial charge in [0.25, 0.3) is 0 Å². The molecule has 0 radical (unpaired) electrons. The van der Waals surface area contributed by atoms with Crippen molar-refractivity contribution in [3.63, 3.8) is 0 Å². The Bertz CT molecular complexity index is 779. The minimum atomic E-state index is -0.388. The number of ether oxygens (including phenoxy) is 3. The van der Waals surface area contributed by atoms with Gasteiger partial charge in [-0.15, -0.1) is 0 Å². The molecule has 5 heteroatoms. The molecule has 0 amide bonds. The molecule has 2 aromatic rings. The molecule has 1 atom stereocenters. The molecule has 0 bridgehead atoms. The van der Waals surface area contributed by atoms with Gasteiger partial charge in [-0.3, -0.25) is 0 Å². The van der Waals surface area contributed by atoms with Gasteiger partial charge in [-0.1, -0.05) is 0 Å². The van der Waals surface area contributed by atoms with E-state index in [-0.39, 0.29) is 23.9 Å². The van der Waals surface area contributed by atoms with Crippen molar-refractivity contribution in [2.24, 2.45) is 0 Å². The molecule has 1 heterocycles. The van der Waals surface area contributed by atoms with Crippen LogP contribution in [-0.2, 0) is 11.2 Å². The summed E-state index contributed by atoms with van der Waals surface area (Å²) < 4.78 is 16.7. The van der Waals surface area contributed by atoms with E-state index in [0.29, 0.717) is 28.9 Å². The van der Waals surface area contributed by atoms with Gasteiger partial charge in [0.15, 0.2) is 0 Å². The van der Waals surface area contributed by atoms with Crippen molar-refractivity contribution in [2.45, 2.75) is 39.4 Å². The van der Waals surface area contributed by atoms with Crippen molar-refractivity contribution in [3.05, 3.63) is 29.3 Å². The summed E-state index contributed by atoms with van der Waals surface area (Å²) in [5.41, 5.74) is 1.30. The summed E-state index contributed by atoms with van der Waals surface area (Å²) >= 11 is 0. The first-order valence-corrected chi connectivity index (χ1v) is 7.65. The number of hydrogen-bond donors (Lipinski definition) is 1. The number of aromatic hydroxyl groups is 1. The van der Waals surface area contributed by atoms with Gasteiger partial charge in [0.05, 0.1) is 18.6 Å². The molecule has 5 nitrogen and oxygen atoms in total. The minimum Gasteiger partial charge on any atom is -0.508 e. The first-order chi connectivity index (χ1) is 10.9. The fraction of sp³-hybridized carbons (Fsp3) is 0.389. The van der Waals surface area contributed by atoms with E-state index in [9.17, 15) is 9.90 Å². The lowest BCUT2D eigenvalue weighted by Gasteiger charge is -2.25. The Balaban J connectivity index is 2.35. The molecule has 3 rings (SSSR count). The van der Waals surface area contributed by atoms with Gasteiger partial charge in [-0.2, -0.15) is 0 Å². The molecular weight excluding hydrogens is 296 g/mol. The van der Waals surface area contributed by atoms with E-state index in [4.69, 9.17) is 14.2 Å². The standard InChI is InChI=1S/C18H20O5/c1-9(2)22-14-8-13(19)7-12-6-11-5-10(3)23-18(20)16(11)17(21-4)15(12)14/h6-10,19H,5H2,1-4H3/t10-/m1/s1. The number of carbonyl (C=O) groups excluding carboxylic acids is 1. The summed E-state index contributed by atoms with van der Waals surface area (Å²) in [5, 5.41) is 11.4. The third-order valence-electron chi connectivity index (χ3n) is 3.81. The van der Waals surface area contributed by atoms with Crippen LogP contribution in [0.2, 0.25) is 0 Å². The predicted molar refractivity (Wildman–Crippen MR) is 86.5 cm³/mol. The third kappa shape index (κ3) is 2.67. The van der Waals surface area contributed by atoms with E-state index in [1.165, 1.54) is 13.2 Å². The Kier molecular flexibility index (Phi) is 3.80. The summed E-state index contributed by atoms with van der Waals surface area (Å²) in [6.07, 6.45) is 0.359. The fourth-order valence-corrected chi connectivity index (χ4v) is 3.04. The summed E-state index contributed by atoms with van der Waals surface area (Å²) in [5.74, 6) is 0.647. The number of methoxy groups -OCH3 is 1. The summed E-state index contributed by atoms with van der Waals surface area (Å²) in [7, 11) is 1.52. The van der Waals surface area contributed by atoms with Crippen LogP contribution in [-0.4, -0.2) is 30.4 Å². The number of rotatable bonds is 3. The lowest BCUT2D eigenvalue weighted by molar-refractivity contribution is 0.0297. The highest BCUT2D eigenvalue weighted by atomic mass is 16.5. The molecule has 1 aliphatic heterocycles. The maximum absolute atomic E-state index is 12.3. The molecule has 2 aromatic carbocycles. The highest BCUT2D eigenvalue weighted by Gasteiger charge is 2.30. The van der Waals surface area contributed by atoms with Crippen molar-refractivity contribution in [3.8, 4) is 17.2 Å². The van der Waals surface area contributed by atoms with Crippen LogP contribution >= 0.6 is 0 Å². The first-order valence-electron chi connectivity index (χ1n) is 7.65. The van der Waals surface area contributed by atoms with E-state index < -0.39 is 0 Å². The second-order valence-electron chi connectivity index (χ2n) is 6.07. The average molecular weight is 316 g/mol. The van der Waals surface area contributed by atoms with E-state index >= 15 is 0 Å². The molecule has 1 N–H and O–H groups in total. The number of hydrogen-bond acceptors (Lipinski definition) is 5. The molecule has 0 fully saturated rings. The molecule has 0 spiro atoms. The predicted octanol–water partition coefficient (Wildman–Crippen LogP) is 3.44. The van der Waals surface area contributed by atoms with Gasteiger partial charge in [-0.25, -0.2) is 4.79 Å². The minimum absolute atomic E-state index is 0.0762. The molecular formula is C18H20O5. The number of phenolic OH excluding ortho intramolecular Hbond substituents is 1. The summed E-state index contributed by atoms with van der Waals surface area (Å²) in [6.45, 7) is 5.65. The van der Waals surface area contributed by atoms with Gasteiger partial charge in [0.2, 0.25) is 0 Å². The second kappa shape index (κ2) is 5.65. The number of phenols is 1. The quantitative estimate of drug-likeness (QED) is 0.879. The fourth-order valence-electron chi connectivity index (χ4n) is 3.04. The van der Waals surface area contributed by atoms with E-state index in [1.54, 1.807) is 6.07 Å². The highest BCUT2D eigenvalue weighted by Crippen LogP contribution is 2.43. The van der Waals surface area contributed by atoms with Crippen LogP contribution < -0.4 is 9.47 Å². The largest absolute Gasteiger partial charge is 0.508 e. The molecule has 0 unspecified atom stereocenters. The topological polar surface area (TPSA) is 65.0 Å². The molecule has 0 saturated carbocycles. The molecule has 0 saturated heterocycles. The van der Waals surface area contributed by atoms with Gasteiger partial charge in [0, 0.05) is 12.5 Å². The first kappa shape index (κ1) is 15.5. The van der Waals surface area contributed by atoms with Crippen molar-refractivity contribution in [1.82, 2.24) is 0 Å². The third-order valence-corrected chi connectivity index (χ3v) is 3.81. The van der Waals surface area contributed by atoms with Crippen molar-refractivity contribution < 1.29 is 24.1 Å². The number of fused-ring (bicyclic) bond motifs is 2. The number of cyclic esters (lactones) is 1. The van der Waals surface area contributed by atoms with Gasteiger partial charge >= 0.3 is 5.97 Å². The van der Waals surface area contributed by atoms with Gasteiger partial charge in [-0.05, 0) is 43.9 Å². The average Bonchev–Trinajstić information content (AvgIpc) is 2.43. The smallest absolute Gasteiger partial charge is 0.342 e. The van der Waals surface area contributed by atoms with Crippen LogP contribution in [0, 0.1) is 0 Å². The molecule has 23 heavy (non-hydrogen) atoms. The maximum Gasteiger partial charge on any atom is 0.342 e. The lowest BCUT2D eigenvalue weighted by atomic mass is 9.93.